The van der Waals surface area contributed by atoms with Crippen LogP contribution in [0.3, 0.4) is 0 Å². The average Bonchev–Trinajstić information content (AvgIpc) is 3.12. The van der Waals surface area contributed by atoms with Gasteiger partial charge in [-0.05, 0) is 24.3 Å². The van der Waals surface area contributed by atoms with E-state index in [9.17, 15) is 4.79 Å². The van der Waals surface area contributed by atoms with Gasteiger partial charge in [0.15, 0.2) is 11.5 Å². The normalized spacial score (nSPS) is 10.9. The predicted octanol–water partition coefficient (Wildman–Crippen LogP) is 3.52. The fourth-order valence-corrected chi connectivity index (χ4v) is 3.05. The van der Waals surface area contributed by atoms with Crippen molar-refractivity contribution in [3.8, 4) is 11.5 Å². The van der Waals surface area contributed by atoms with E-state index in [1.54, 1.807) is 24.3 Å². The van der Waals surface area contributed by atoms with E-state index in [1.807, 2.05) is 6.07 Å². The zero-order chi connectivity index (χ0) is 18.5. The number of carbonyl (C=O) groups excluding carboxylic acids is 1. The van der Waals surface area contributed by atoms with E-state index in [2.05, 4.69) is 24.6 Å². The number of ether oxygens (including phenoxy) is 2. The van der Waals surface area contributed by atoms with Gasteiger partial charge in [0.25, 0.3) is 0 Å². The van der Waals surface area contributed by atoms with Crippen molar-refractivity contribution in [2.24, 2.45) is 5.10 Å². The lowest BCUT2D eigenvalue weighted by atomic mass is 10.2. The second-order valence-corrected chi connectivity index (χ2v) is 5.87. The van der Waals surface area contributed by atoms with E-state index in [4.69, 9.17) is 21.1 Å². The van der Waals surface area contributed by atoms with Gasteiger partial charge in [-0.1, -0.05) is 17.7 Å². The standard InChI is InChI=1S/C16H14ClN5O3S/c1-24-12-7-6-9(13(17)15(12)25-2)8-18-20-16(23)19-10-4-3-5-11-14(10)22-26-21-11/h3-8H,1-2H3,(H2,19,20,23)/b18-8+. The molecule has 2 aromatic carbocycles. The Morgan fingerprint density at radius 2 is 2.08 bits per heavy atom. The molecule has 134 valence electrons. The molecule has 10 heteroatoms. The number of nitrogens with one attached hydrogen (secondary N) is 2. The molecule has 3 aromatic rings. The Kier molecular flexibility index (Phi) is 5.49. The summed E-state index contributed by atoms with van der Waals surface area (Å²) in [5.41, 5.74) is 4.83. The number of amides is 2. The third-order valence-corrected chi connectivity index (χ3v) is 4.35. The van der Waals surface area contributed by atoms with Crippen molar-refractivity contribution in [2.75, 3.05) is 19.5 Å². The fraction of sp³-hybridized carbons (Fsp3) is 0.125. The number of nitrogens with zero attached hydrogens (tertiary/aromatic N) is 3. The van der Waals surface area contributed by atoms with Crippen LogP contribution >= 0.6 is 23.3 Å². The molecule has 0 radical (unpaired) electrons. The quantitative estimate of drug-likeness (QED) is 0.512. The lowest BCUT2D eigenvalue weighted by Gasteiger charge is -2.10. The summed E-state index contributed by atoms with van der Waals surface area (Å²) in [5.74, 6) is 0.899. The summed E-state index contributed by atoms with van der Waals surface area (Å²) in [6, 6.07) is 8.22. The molecular weight excluding hydrogens is 378 g/mol. The SMILES string of the molecule is COc1ccc(/C=N/NC(=O)Nc2cccc3nsnc23)c(Cl)c1OC. The van der Waals surface area contributed by atoms with Gasteiger partial charge in [0.1, 0.15) is 11.0 Å². The molecular formula is C16H14ClN5O3S. The topological polar surface area (TPSA) is 97.7 Å². The van der Waals surface area contributed by atoms with Crippen LogP contribution in [-0.4, -0.2) is 35.2 Å². The van der Waals surface area contributed by atoms with Crippen molar-refractivity contribution < 1.29 is 14.3 Å². The fourth-order valence-electron chi connectivity index (χ4n) is 2.22. The molecule has 0 bridgehead atoms. The zero-order valence-corrected chi connectivity index (χ0v) is 15.4. The second kappa shape index (κ2) is 7.98. The number of anilines is 1. The maximum Gasteiger partial charge on any atom is 0.339 e. The number of hydrogen-bond donors (Lipinski definition) is 2. The summed E-state index contributed by atoms with van der Waals surface area (Å²) in [6.45, 7) is 0. The number of carbonyl (C=O) groups is 1. The lowest BCUT2D eigenvalue weighted by molar-refractivity contribution is 0.252. The summed E-state index contributed by atoms with van der Waals surface area (Å²) >= 11 is 7.33. The minimum absolute atomic E-state index is 0.330. The minimum Gasteiger partial charge on any atom is -0.493 e. The third kappa shape index (κ3) is 3.68. The molecule has 0 aliphatic carbocycles. The van der Waals surface area contributed by atoms with Crippen LogP contribution in [0.1, 0.15) is 5.56 Å². The van der Waals surface area contributed by atoms with Crippen molar-refractivity contribution in [3.05, 3.63) is 40.9 Å². The van der Waals surface area contributed by atoms with Crippen molar-refractivity contribution in [1.29, 1.82) is 0 Å². The number of halogens is 1. The van der Waals surface area contributed by atoms with Crippen LogP contribution in [0, 0.1) is 0 Å². The first-order valence-corrected chi connectivity index (χ1v) is 8.46. The number of methoxy groups -OCH3 is 2. The molecule has 0 unspecified atom stereocenters. The Balaban J connectivity index is 1.69. The van der Waals surface area contributed by atoms with Crippen molar-refractivity contribution in [2.45, 2.75) is 0 Å². The number of benzene rings is 2. The summed E-state index contributed by atoms with van der Waals surface area (Å²) in [5, 5.41) is 6.90. The largest absolute Gasteiger partial charge is 0.493 e. The average molecular weight is 392 g/mol. The highest BCUT2D eigenvalue weighted by molar-refractivity contribution is 7.00. The molecule has 0 fully saturated rings. The minimum atomic E-state index is -0.515. The van der Waals surface area contributed by atoms with Crippen LogP contribution in [-0.2, 0) is 0 Å². The summed E-state index contributed by atoms with van der Waals surface area (Å²) < 4.78 is 18.7. The van der Waals surface area contributed by atoms with E-state index in [0.717, 1.165) is 11.7 Å². The number of fused-ring (bicyclic) bond motifs is 1. The van der Waals surface area contributed by atoms with Crippen LogP contribution in [0.15, 0.2) is 35.4 Å². The number of hydrazone groups is 1. The second-order valence-electron chi connectivity index (χ2n) is 4.97. The van der Waals surface area contributed by atoms with Gasteiger partial charge in [-0.25, -0.2) is 10.2 Å². The van der Waals surface area contributed by atoms with Gasteiger partial charge in [-0.15, -0.1) is 0 Å². The Bertz CT molecular complexity index is 976. The van der Waals surface area contributed by atoms with Gasteiger partial charge in [0, 0.05) is 5.56 Å². The molecule has 8 nitrogen and oxygen atoms in total. The number of hydrogen-bond acceptors (Lipinski definition) is 7. The maximum atomic E-state index is 12.0. The van der Waals surface area contributed by atoms with Crippen molar-refractivity contribution in [1.82, 2.24) is 14.2 Å². The molecule has 0 atom stereocenters. The smallest absolute Gasteiger partial charge is 0.339 e. The van der Waals surface area contributed by atoms with E-state index >= 15 is 0 Å². The van der Waals surface area contributed by atoms with E-state index in [0.29, 0.717) is 38.8 Å². The Labute approximate surface area is 158 Å². The summed E-state index contributed by atoms with van der Waals surface area (Å²) in [4.78, 5) is 12.0. The van der Waals surface area contributed by atoms with Crippen molar-refractivity contribution >= 4 is 52.3 Å². The van der Waals surface area contributed by atoms with E-state index in [1.165, 1.54) is 20.4 Å². The molecule has 0 spiro atoms. The molecule has 3 rings (SSSR count). The van der Waals surface area contributed by atoms with E-state index < -0.39 is 6.03 Å². The predicted molar refractivity (Wildman–Crippen MR) is 102 cm³/mol. The highest BCUT2D eigenvalue weighted by Gasteiger charge is 2.12. The Hall–Kier alpha value is -2.91. The van der Waals surface area contributed by atoms with Gasteiger partial charge in [-0.2, -0.15) is 13.8 Å². The first kappa shape index (κ1) is 17.9. The number of rotatable bonds is 5. The highest BCUT2D eigenvalue weighted by atomic mass is 35.5. The molecule has 1 heterocycles. The molecule has 2 amide bonds. The molecule has 26 heavy (non-hydrogen) atoms. The maximum absolute atomic E-state index is 12.0. The Morgan fingerprint density at radius 1 is 1.23 bits per heavy atom. The van der Waals surface area contributed by atoms with Gasteiger partial charge in [-0.3, -0.25) is 0 Å². The molecule has 0 aliphatic heterocycles. The van der Waals surface area contributed by atoms with Crippen LogP contribution < -0.4 is 20.2 Å². The zero-order valence-electron chi connectivity index (χ0n) is 13.8. The van der Waals surface area contributed by atoms with Gasteiger partial charge in [0.05, 0.1) is 42.9 Å². The van der Waals surface area contributed by atoms with E-state index in [-0.39, 0.29) is 0 Å². The number of urea groups is 1. The Morgan fingerprint density at radius 3 is 2.85 bits per heavy atom. The van der Waals surface area contributed by atoms with Gasteiger partial charge in [0.2, 0.25) is 0 Å². The molecule has 2 N–H and O–H groups in total. The van der Waals surface area contributed by atoms with Crippen molar-refractivity contribution in [3.63, 3.8) is 0 Å². The first-order valence-electron chi connectivity index (χ1n) is 7.36. The highest BCUT2D eigenvalue weighted by Crippen LogP contribution is 2.36. The molecule has 0 aliphatic rings. The first-order chi connectivity index (χ1) is 12.6. The van der Waals surface area contributed by atoms with Crippen LogP contribution in [0.5, 0.6) is 11.5 Å². The van der Waals surface area contributed by atoms with Gasteiger partial charge >= 0.3 is 6.03 Å². The van der Waals surface area contributed by atoms with Crippen LogP contribution in [0.2, 0.25) is 5.02 Å². The molecule has 0 saturated carbocycles. The molecule has 0 saturated heterocycles. The monoisotopic (exact) mass is 391 g/mol. The van der Waals surface area contributed by atoms with Crippen LogP contribution in [0.25, 0.3) is 11.0 Å². The third-order valence-electron chi connectivity index (χ3n) is 3.42. The summed E-state index contributed by atoms with van der Waals surface area (Å²) in [6.07, 6.45) is 1.41. The summed E-state index contributed by atoms with van der Waals surface area (Å²) in [7, 11) is 3.01. The molecule has 1 aromatic heterocycles. The lowest BCUT2D eigenvalue weighted by Crippen LogP contribution is -2.24. The van der Waals surface area contributed by atoms with Crippen LogP contribution in [0.4, 0.5) is 10.5 Å². The van der Waals surface area contributed by atoms with Gasteiger partial charge < -0.3 is 14.8 Å². The number of aromatic nitrogens is 2.